The maximum atomic E-state index is 14.5. The van der Waals surface area contributed by atoms with E-state index < -0.39 is 17.8 Å². The molecule has 35 heavy (non-hydrogen) atoms. The van der Waals surface area contributed by atoms with E-state index in [-0.39, 0.29) is 30.3 Å². The van der Waals surface area contributed by atoms with Crippen molar-refractivity contribution in [3.05, 3.63) is 106 Å². The second-order valence-corrected chi connectivity index (χ2v) is 8.97. The third-order valence-corrected chi connectivity index (χ3v) is 6.43. The Hall–Kier alpha value is -3.91. The summed E-state index contributed by atoms with van der Waals surface area (Å²) >= 11 is 1.44. The molecule has 0 aliphatic heterocycles. The fourth-order valence-electron chi connectivity index (χ4n) is 3.67. The van der Waals surface area contributed by atoms with E-state index in [0.29, 0.717) is 11.3 Å². The number of hydrogen-bond donors (Lipinski definition) is 1. The van der Waals surface area contributed by atoms with Crippen molar-refractivity contribution < 1.29 is 23.1 Å². The van der Waals surface area contributed by atoms with Crippen LogP contribution < -0.4 is 15.0 Å². The van der Waals surface area contributed by atoms with Crippen molar-refractivity contribution in [2.24, 2.45) is 0 Å². The lowest BCUT2D eigenvalue weighted by molar-refractivity contribution is -0.127. The summed E-state index contributed by atoms with van der Waals surface area (Å²) in [4.78, 5) is 29.2. The second kappa shape index (κ2) is 11.0. The predicted molar refractivity (Wildman–Crippen MR) is 133 cm³/mol. The summed E-state index contributed by atoms with van der Waals surface area (Å²) in [6.07, 6.45) is 1.51. The zero-order valence-corrected chi connectivity index (χ0v) is 20.2. The molecule has 0 saturated carbocycles. The SMILES string of the molecule is COc1ccc(CNC(=O)[C@H](c2ccco2)N(C(=O)Cc2cccs2)c2ccc(C)c(F)c2)cc1. The Balaban J connectivity index is 1.67. The number of amides is 2. The van der Waals surface area contributed by atoms with Crippen LogP contribution in [0.3, 0.4) is 0 Å². The minimum absolute atomic E-state index is 0.0656. The molecule has 4 rings (SSSR count). The van der Waals surface area contributed by atoms with Crippen molar-refractivity contribution in [1.29, 1.82) is 0 Å². The molecule has 6 nitrogen and oxygen atoms in total. The number of nitrogens with one attached hydrogen (secondary N) is 1. The first-order valence-corrected chi connectivity index (χ1v) is 11.9. The predicted octanol–water partition coefficient (Wildman–Crippen LogP) is 5.43. The number of aryl methyl sites for hydroxylation is 1. The van der Waals surface area contributed by atoms with Crippen LogP contribution in [-0.4, -0.2) is 18.9 Å². The Bertz CT molecular complexity index is 1270. The highest BCUT2D eigenvalue weighted by molar-refractivity contribution is 7.10. The molecule has 2 aromatic heterocycles. The van der Waals surface area contributed by atoms with Crippen molar-refractivity contribution >= 4 is 28.8 Å². The molecule has 1 N–H and O–H groups in total. The van der Waals surface area contributed by atoms with Crippen LogP contribution in [0.1, 0.15) is 27.8 Å². The first-order chi connectivity index (χ1) is 17.0. The lowest BCUT2D eigenvalue weighted by atomic mass is 10.1. The van der Waals surface area contributed by atoms with Crippen LogP contribution in [-0.2, 0) is 22.6 Å². The fraction of sp³-hybridized carbons (Fsp3) is 0.185. The summed E-state index contributed by atoms with van der Waals surface area (Å²) in [6, 6.07) is 17.6. The van der Waals surface area contributed by atoms with Crippen LogP contribution in [0.5, 0.6) is 5.75 Å². The number of nitrogens with zero attached hydrogens (tertiary/aromatic N) is 1. The van der Waals surface area contributed by atoms with Gasteiger partial charge in [-0.3, -0.25) is 14.5 Å². The number of carbonyl (C=O) groups is 2. The molecule has 0 saturated heterocycles. The molecule has 0 bridgehead atoms. The zero-order valence-electron chi connectivity index (χ0n) is 19.4. The standard InChI is InChI=1S/C27H25FN2O4S/c1-18-7-10-20(15-23(18)28)30(25(31)16-22-5-4-14-35-22)26(24-6-3-13-34-24)27(32)29-17-19-8-11-21(33-2)12-9-19/h3-15,26H,16-17H2,1-2H3,(H,29,32)/t26-/m0/s1. The lowest BCUT2D eigenvalue weighted by Gasteiger charge is -2.30. The highest BCUT2D eigenvalue weighted by Crippen LogP contribution is 2.31. The van der Waals surface area contributed by atoms with Gasteiger partial charge in [-0.2, -0.15) is 0 Å². The summed E-state index contributed by atoms with van der Waals surface area (Å²) in [7, 11) is 1.58. The van der Waals surface area contributed by atoms with Gasteiger partial charge < -0.3 is 14.5 Å². The number of rotatable bonds is 9. The van der Waals surface area contributed by atoms with Gasteiger partial charge >= 0.3 is 0 Å². The van der Waals surface area contributed by atoms with Crippen LogP contribution in [0.15, 0.2) is 82.8 Å². The summed E-state index contributed by atoms with van der Waals surface area (Å²) in [5.41, 5.74) is 1.57. The number of anilines is 1. The molecule has 8 heteroatoms. The van der Waals surface area contributed by atoms with E-state index >= 15 is 0 Å². The molecule has 0 aliphatic carbocycles. The molecular weight excluding hydrogens is 467 g/mol. The Labute approximate surface area is 207 Å². The van der Waals surface area contributed by atoms with E-state index in [0.717, 1.165) is 10.4 Å². The van der Waals surface area contributed by atoms with E-state index in [1.807, 2.05) is 29.6 Å². The number of ether oxygens (including phenoxy) is 1. The molecule has 2 amide bonds. The van der Waals surface area contributed by atoms with Crippen LogP contribution in [0.25, 0.3) is 0 Å². The number of furan rings is 1. The molecule has 0 aliphatic rings. The normalized spacial score (nSPS) is 11.6. The first-order valence-electron chi connectivity index (χ1n) is 11.0. The third kappa shape index (κ3) is 5.78. The van der Waals surface area contributed by atoms with Gasteiger partial charge in [0.1, 0.15) is 17.3 Å². The smallest absolute Gasteiger partial charge is 0.251 e. The molecule has 4 aromatic rings. The van der Waals surface area contributed by atoms with Gasteiger partial charge in [0.15, 0.2) is 6.04 Å². The van der Waals surface area contributed by atoms with Gasteiger partial charge in [0.05, 0.1) is 19.8 Å². The van der Waals surface area contributed by atoms with Crippen molar-refractivity contribution in [3.63, 3.8) is 0 Å². The number of thiophene rings is 1. The van der Waals surface area contributed by atoms with Crippen molar-refractivity contribution in [2.75, 3.05) is 12.0 Å². The average Bonchev–Trinajstić information content (AvgIpc) is 3.58. The van der Waals surface area contributed by atoms with Gasteiger partial charge in [-0.25, -0.2) is 4.39 Å². The average molecular weight is 493 g/mol. The van der Waals surface area contributed by atoms with Gasteiger partial charge in [0.2, 0.25) is 5.91 Å². The van der Waals surface area contributed by atoms with Gasteiger partial charge in [-0.15, -0.1) is 11.3 Å². The van der Waals surface area contributed by atoms with Crippen LogP contribution >= 0.6 is 11.3 Å². The molecule has 180 valence electrons. The number of carbonyl (C=O) groups excluding carboxylic acids is 2. The second-order valence-electron chi connectivity index (χ2n) is 7.94. The van der Waals surface area contributed by atoms with Gasteiger partial charge in [0.25, 0.3) is 5.91 Å². The van der Waals surface area contributed by atoms with E-state index in [1.165, 1.54) is 28.6 Å². The van der Waals surface area contributed by atoms with Crippen molar-refractivity contribution in [1.82, 2.24) is 5.32 Å². The molecule has 0 spiro atoms. The van der Waals surface area contributed by atoms with Gasteiger partial charge in [0, 0.05) is 17.1 Å². The van der Waals surface area contributed by atoms with Crippen LogP contribution in [0, 0.1) is 12.7 Å². The maximum Gasteiger partial charge on any atom is 0.251 e. The summed E-state index contributed by atoms with van der Waals surface area (Å²) in [6.45, 7) is 1.87. The zero-order chi connectivity index (χ0) is 24.8. The lowest BCUT2D eigenvalue weighted by Crippen LogP contribution is -2.44. The molecule has 1 atom stereocenters. The van der Waals surface area contributed by atoms with E-state index in [1.54, 1.807) is 50.4 Å². The summed E-state index contributed by atoms with van der Waals surface area (Å²) in [5, 5.41) is 4.77. The van der Waals surface area contributed by atoms with Crippen molar-refractivity contribution in [2.45, 2.75) is 25.9 Å². The number of halogens is 1. The van der Waals surface area contributed by atoms with E-state index in [4.69, 9.17) is 9.15 Å². The molecular formula is C27H25FN2O4S. The van der Waals surface area contributed by atoms with E-state index in [9.17, 15) is 14.0 Å². The summed E-state index contributed by atoms with van der Waals surface area (Å²) in [5.74, 6) is -0.278. The van der Waals surface area contributed by atoms with Gasteiger partial charge in [-0.1, -0.05) is 24.3 Å². The quantitative estimate of drug-likeness (QED) is 0.338. The summed E-state index contributed by atoms with van der Waals surface area (Å²) < 4.78 is 25.3. The van der Waals surface area contributed by atoms with Gasteiger partial charge in [-0.05, 0) is 65.9 Å². The first kappa shape index (κ1) is 24.2. The Kier molecular flexibility index (Phi) is 7.62. The largest absolute Gasteiger partial charge is 0.497 e. The topological polar surface area (TPSA) is 71.8 Å². The molecule has 2 heterocycles. The molecule has 0 fully saturated rings. The third-order valence-electron chi connectivity index (χ3n) is 5.55. The maximum absolute atomic E-state index is 14.5. The highest BCUT2D eigenvalue weighted by atomic mass is 32.1. The fourth-order valence-corrected chi connectivity index (χ4v) is 4.36. The Morgan fingerprint density at radius 1 is 1.11 bits per heavy atom. The van der Waals surface area contributed by atoms with E-state index in [2.05, 4.69) is 5.32 Å². The minimum Gasteiger partial charge on any atom is -0.497 e. The molecule has 2 aromatic carbocycles. The molecule has 0 radical (unpaired) electrons. The number of benzene rings is 2. The molecule has 0 unspecified atom stereocenters. The Morgan fingerprint density at radius 3 is 2.54 bits per heavy atom. The minimum atomic E-state index is -1.13. The highest BCUT2D eigenvalue weighted by Gasteiger charge is 2.35. The number of hydrogen-bond acceptors (Lipinski definition) is 5. The van der Waals surface area contributed by atoms with Crippen molar-refractivity contribution in [3.8, 4) is 5.75 Å². The van der Waals surface area contributed by atoms with Crippen LogP contribution in [0.2, 0.25) is 0 Å². The Morgan fingerprint density at radius 2 is 1.91 bits per heavy atom. The number of methoxy groups -OCH3 is 1. The van der Waals surface area contributed by atoms with Crippen LogP contribution in [0.4, 0.5) is 10.1 Å². The monoisotopic (exact) mass is 492 g/mol.